The second-order valence-electron chi connectivity index (χ2n) is 7.78. The SMILES string of the molecule is CC1(C)CN(c2cc3c(cc2[N+](=O)[O-])CCC(=O)N3)CC(C)(C)O1. The lowest BCUT2D eigenvalue weighted by molar-refractivity contribution is -0.384. The Morgan fingerprint density at radius 1 is 1.17 bits per heavy atom. The van der Waals surface area contributed by atoms with E-state index >= 15 is 0 Å². The summed E-state index contributed by atoms with van der Waals surface area (Å²) in [5, 5.41) is 14.4. The molecule has 1 fully saturated rings. The predicted molar refractivity (Wildman–Crippen MR) is 91.5 cm³/mol. The third-order valence-corrected chi connectivity index (χ3v) is 4.33. The molecule has 0 atom stereocenters. The van der Waals surface area contributed by atoms with Crippen molar-refractivity contribution >= 4 is 23.0 Å². The van der Waals surface area contributed by atoms with Crippen molar-refractivity contribution in [3.63, 3.8) is 0 Å². The molecular formula is C17H23N3O4. The van der Waals surface area contributed by atoms with Crippen LogP contribution in [-0.2, 0) is 16.0 Å². The first kappa shape index (κ1) is 16.7. The summed E-state index contributed by atoms with van der Waals surface area (Å²) in [7, 11) is 0. The van der Waals surface area contributed by atoms with E-state index in [1.165, 1.54) is 0 Å². The molecule has 1 aromatic rings. The number of carbonyl (C=O) groups excluding carboxylic acids is 1. The van der Waals surface area contributed by atoms with Gasteiger partial charge in [-0.2, -0.15) is 0 Å². The molecule has 0 bridgehead atoms. The number of hydrogen-bond donors (Lipinski definition) is 1. The Balaban J connectivity index is 2.07. The number of ether oxygens (including phenoxy) is 1. The molecular weight excluding hydrogens is 310 g/mol. The van der Waals surface area contributed by atoms with Gasteiger partial charge < -0.3 is 15.0 Å². The van der Waals surface area contributed by atoms with Gasteiger partial charge in [0.15, 0.2) is 0 Å². The van der Waals surface area contributed by atoms with Crippen molar-refractivity contribution in [3.05, 3.63) is 27.8 Å². The van der Waals surface area contributed by atoms with Gasteiger partial charge >= 0.3 is 0 Å². The summed E-state index contributed by atoms with van der Waals surface area (Å²) in [6, 6.07) is 3.33. The van der Waals surface area contributed by atoms with E-state index in [1.54, 1.807) is 12.1 Å². The molecule has 1 aromatic carbocycles. The number of benzene rings is 1. The van der Waals surface area contributed by atoms with E-state index in [0.717, 1.165) is 5.56 Å². The normalized spacial score (nSPS) is 21.8. The van der Waals surface area contributed by atoms with Crippen LogP contribution in [0.3, 0.4) is 0 Å². The van der Waals surface area contributed by atoms with Gasteiger partial charge in [0, 0.05) is 31.3 Å². The first-order valence-corrected chi connectivity index (χ1v) is 8.13. The fourth-order valence-corrected chi connectivity index (χ4v) is 3.76. The number of nitro groups is 1. The van der Waals surface area contributed by atoms with E-state index in [-0.39, 0.29) is 16.5 Å². The second kappa shape index (κ2) is 5.44. The van der Waals surface area contributed by atoms with Crippen LogP contribution in [0.1, 0.15) is 39.7 Å². The van der Waals surface area contributed by atoms with E-state index in [1.807, 2.05) is 32.6 Å². The average molecular weight is 333 g/mol. The lowest BCUT2D eigenvalue weighted by Crippen LogP contribution is -2.57. The van der Waals surface area contributed by atoms with Crippen LogP contribution in [0.15, 0.2) is 12.1 Å². The van der Waals surface area contributed by atoms with Crippen molar-refractivity contribution < 1.29 is 14.5 Å². The summed E-state index contributed by atoms with van der Waals surface area (Å²) in [6.07, 6.45) is 0.892. The number of hydrogen-bond acceptors (Lipinski definition) is 5. The minimum absolute atomic E-state index is 0.0510. The largest absolute Gasteiger partial charge is 0.366 e. The van der Waals surface area contributed by atoms with Crippen molar-refractivity contribution in [1.29, 1.82) is 0 Å². The Bertz CT molecular complexity index is 696. The van der Waals surface area contributed by atoms with Gasteiger partial charge in [-0.05, 0) is 45.7 Å². The highest BCUT2D eigenvalue weighted by molar-refractivity contribution is 5.95. The van der Waals surface area contributed by atoms with E-state index in [9.17, 15) is 14.9 Å². The van der Waals surface area contributed by atoms with Crippen molar-refractivity contribution in [2.75, 3.05) is 23.3 Å². The van der Waals surface area contributed by atoms with Crippen LogP contribution in [0, 0.1) is 10.1 Å². The maximum atomic E-state index is 11.7. The quantitative estimate of drug-likeness (QED) is 0.664. The zero-order valence-corrected chi connectivity index (χ0v) is 14.5. The summed E-state index contributed by atoms with van der Waals surface area (Å²) in [4.78, 5) is 24.9. The first-order chi connectivity index (χ1) is 11.1. The van der Waals surface area contributed by atoms with Gasteiger partial charge in [-0.3, -0.25) is 14.9 Å². The van der Waals surface area contributed by atoms with Crippen LogP contribution < -0.4 is 10.2 Å². The molecule has 130 valence electrons. The number of aryl methyl sites for hydroxylation is 1. The Hall–Kier alpha value is -2.15. The van der Waals surface area contributed by atoms with E-state index in [4.69, 9.17) is 4.74 Å². The topological polar surface area (TPSA) is 84.7 Å². The molecule has 1 saturated heterocycles. The van der Waals surface area contributed by atoms with Gasteiger partial charge in [0.2, 0.25) is 5.91 Å². The van der Waals surface area contributed by atoms with E-state index in [2.05, 4.69) is 5.32 Å². The summed E-state index contributed by atoms with van der Waals surface area (Å²) < 4.78 is 6.06. The molecule has 0 aromatic heterocycles. The van der Waals surface area contributed by atoms with Gasteiger partial charge in [0.25, 0.3) is 5.69 Å². The zero-order valence-electron chi connectivity index (χ0n) is 14.5. The summed E-state index contributed by atoms with van der Waals surface area (Å²) in [6.45, 7) is 9.01. The van der Waals surface area contributed by atoms with Crippen LogP contribution in [0.4, 0.5) is 17.1 Å². The van der Waals surface area contributed by atoms with Crippen molar-refractivity contribution in [3.8, 4) is 0 Å². The molecule has 2 aliphatic heterocycles. The van der Waals surface area contributed by atoms with Crippen molar-refractivity contribution in [2.45, 2.75) is 51.7 Å². The van der Waals surface area contributed by atoms with Crippen LogP contribution in [0.25, 0.3) is 0 Å². The third-order valence-electron chi connectivity index (χ3n) is 4.33. The van der Waals surface area contributed by atoms with Gasteiger partial charge in [-0.1, -0.05) is 0 Å². The number of morpholine rings is 1. The Kier molecular flexibility index (Phi) is 3.79. The highest BCUT2D eigenvalue weighted by atomic mass is 16.6. The second-order valence-corrected chi connectivity index (χ2v) is 7.78. The minimum atomic E-state index is -0.422. The molecule has 24 heavy (non-hydrogen) atoms. The summed E-state index contributed by atoms with van der Waals surface area (Å²) >= 11 is 0. The molecule has 1 amide bonds. The van der Waals surface area contributed by atoms with Crippen molar-refractivity contribution in [1.82, 2.24) is 0 Å². The maximum Gasteiger partial charge on any atom is 0.292 e. The molecule has 7 nitrogen and oxygen atoms in total. The van der Waals surface area contributed by atoms with Gasteiger partial charge in [0.05, 0.1) is 16.1 Å². The molecule has 2 heterocycles. The molecule has 0 aliphatic carbocycles. The number of rotatable bonds is 2. The monoisotopic (exact) mass is 333 g/mol. The number of fused-ring (bicyclic) bond motifs is 1. The Morgan fingerprint density at radius 2 is 1.79 bits per heavy atom. The molecule has 0 spiro atoms. The van der Waals surface area contributed by atoms with E-state index < -0.39 is 11.2 Å². The molecule has 7 heteroatoms. The number of nitrogens with one attached hydrogen (secondary N) is 1. The smallest absolute Gasteiger partial charge is 0.292 e. The van der Waals surface area contributed by atoms with Gasteiger partial charge in [-0.25, -0.2) is 0 Å². The number of anilines is 2. The molecule has 0 unspecified atom stereocenters. The Morgan fingerprint density at radius 3 is 2.38 bits per heavy atom. The fraction of sp³-hybridized carbons (Fsp3) is 0.588. The van der Waals surface area contributed by atoms with E-state index in [0.29, 0.717) is 37.3 Å². The predicted octanol–water partition coefficient (Wildman–Crippen LogP) is 2.87. The molecule has 3 rings (SSSR count). The number of nitrogens with zero attached hydrogens (tertiary/aromatic N) is 2. The zero-order chi connectivity index (χ0) is 17.7. The number of amides is 1. The van der Waals surface area contributed by atoms with Gasteiger partial charge in [0.1, 0.15) is 5.69 Å². The fourth-order valence-electron chi connectivity index (χ4n) is 3.76. The van der Waals surface area contributed by atoms with Crippen molar-refractivity contribution in [2.24, 2.45) is 0 Å². The standard InChI is InChI=1S/C17H23N3O4/c1-16(2)9-19(10-17(3,4)24-16)13-8-12-11(5-6-15(21)18-12)7-14(13)20(22)23/h7-8H,5-6,9-10H2,1-4H3,(H,18,21). The first-order valence-electron chi connectivity index (χ1n) is 8.13. The molecule has 0 radical (unpaired) electrons. The minimum Gasteiger partial charge on any atom is -0.366 e. The maximum absolute atomic E-state index is 11.7. The van der Waals surface area contributed by atoms with Gasteiger partial charge in [-0.15, -0.1) is 0 Å². The summed E-state index contributed by atoms with van der Waals surface area (Å²) in [5.74, 6) is -0.0510. The van der Waals surface area contributed by atoms with Crippen LogP contribution >= 0.6 is 0 Å². The van der Waals surface area contributed by atoms with Crippen LogP contribution in [0.5, 0.6) is 0 Å². The number of nitro benzene ring substituents is 1. The molecule has 1 N–H and O–H groups in total. The third kappa shape index (κ3) is 3.21. The van der Waals surface area contributed by atoms with Crippen LogP contribution in [0.2, 0.25) is 0 Å². The Labute approximate surface area is 141 Å². The van der Waals surface area contributed by atoms with Crippen LogP contribution in [-0.4, -0.2) is 35.1 Å². The number of carbonyl (C=O) groups is 1. The summed E-state index contributed by atoms with van der Waals surface area (Å²) in [5.41, 5.74) is 1.26. The lowest BCUT2D eigenvalue weighted by Gasteiger charge is -2.48. The highest BCUT2D eigenvalue weighted by Gasteiger charge is 2.40. The molecule has 0 saturated carbocycles. The lowest BCUT2D eigenvalue weighted by atomic mass is 9.96. The highest BCUT2D eigenvalue weighted by Crippen LogP contribution is 2.40. The average Bonchev–Trinajstić information content (AvgIpc) is 2.42. The molecule has 2 aliphatic rings.